The molecule has 0 aliphatic heterocycles. The van der Waals surface area contributed by atoms with Crippen LogP contribution in [0.2, 0.25) is 0 Å². The normalized spacial score (nSPS) is 11.7. The summed E-state index contributed by atoms with van der Waals surface area (Å²) in [5.41, 5.74) is 7.59. The van der Waals surface area contributed by atoms with Crippen molar-refractivity contribution in [2.45, 2.75) is 25.5 Å². The highest BCUT2D eigenvalue weighted by Gasteiger charge is 2.15. The van der Waals surface area contributed by atoms with Gasteiger partial charge in [0.15, 0.2) is 12.0 Å². The molecule has 30 heavy (non-hydrogen) atoms. The number of rotatable bonds is 10. The van der Waals surface area contributed by atoms with E-state index < -0.39 is 12.0 Å². The van der Waals surface area contributed by atoms with E-state index >= 15 is 0 Å². The lowest BCUT2D eigenvalue weighted by Gasteiger charge is -2.08. The Morgan fingerprint density at radius 1 is 0.833 bits per heavy atom. The highest BCUT2D eigenvalue weighted by molar-refractivity contribution is 6.10. The van der Waals surface area contributed by atoms with Crippen molar-refractivity contribution in [1.82, 2.24) is 0 Å². The van der Waals surface area contributed by atoms with E-state index in [0.717, 1.165) is 19.3 Å². The molecule has 5 nitrogen and oxygen atoms in total. The molecular formula is C25H25NO4. The molecule has 0 spiro atoms. The second-order valence-electron chi connectivity index (χ2n) is 7.03. The van der Waals surface area contributed by atoms with E-state index in [1.807, 2.05) is 18.2 Å². The van der Waals surface area contributed by atoms with Gasteiger partial charge in [-0.25, -0.2) is 0 Å². The Kier molecular flexibility index (Phi) is 7.49. The van der Waals surface area contributed by atoms with Gasteiger partial charge in [0.05, 0.1) is 6.61 Å². The fraction of sp³-hybridized carbons (Fsp3) is 0.200. The van der Waals surface area contributed by atoms with Crippen LogP contribution < -0.4 is 10.5 Å². The largest absolute Gasteiger partial charge is 0.494 e. The molecule has 0 heterocycles. The van der Waals surface area contributed by atoms with Crippen LogP contribution in [-0.2, 0) is 6.42 Å². The standard InChI is InChI=1S/C25H25NO4/c26-25(29)24(28)21-11-6-10-20(17-21)23(27)19-12-14-22(15-13-19)30-16-5-4-9-18-7-2-1-3-8-18/h1-3,6-8,10-15,17,25,29H,4-5,9,16,26H2. The first kappa shape index (κ1) is 21.4. The number of ketones is 2. The summed E-state index contributed by atoms with van der Waals surface area (Å²) >= 11 is 0. The first-order chi connectivity index (χ1) is 14.5. The first-order valence-corrected chi connectivity index (χ1v) is 9.94. The average Bonchev–Trinajstić information content (AvgIpc) is 2.79. The maximum Gasteiger partial charge on any atom is 0.205 e. The predicted molar refractivity (Wildman–Crippen MR) is 116 cm³/mol. The smallest absolute Gasteiger partial charge is 0.205 e. The number of hydrogen-bond donors (Lipinski definition) is 2. The van der Waals surface area contributed by atoms with Gasteiger partial charge in [0, 0.05) is 16.7 Å². The number of Topliss-reactive ketones (excluding diaryl/α,β-unsaturated/α-hetero) is 1. The van der Waals surface area contributed by atoms with Crippen molar-refractivity contribution in [2.75, 3.05) is 6.61 Å². The minimum absolute atomic E-state index is 0.200. The summed E-state index contributed by atoms with van der Waals surface area (Å²) in [6.45, 7) is 0.617. The highest BCUT2D eigenvalue weighted by Crippen LogP contribution is 2.17. The molecule has 0 fully saturated rings. The van der Waals surface area contributed by atoms with Gasteiger partial charge < -0.3 is 9.84 Å². The average molecular weight is 403 g/mol. The minimum Gasteiger partial charge on any atom is -0.494 e. The summed E-state index contributed by atoms with van der Waals surface area (Å²) in [5.74, 6) is -0.132. The molecule has 0 amide bonds. The summed E-state index contributed by atoms with van der Waals surface area (Å²) in [5, 5.41) is 9.24. The third-order valence-electron chi connectivity index (χ3n) is 4.77. The number of benzene rings is 3. The topological polar surface area (TPSA) is 89.6 Å². The number of aryl methyl sites for hydroxylation is 1. The van der Waals surface area contributed by atoms with Crippen molar-refractivity contribution in [3.05, 3.63) is 101 Å². The van der Waals surface area contributed by atoms with E-state index in [2.05, 4.69) is 12.1 Å². The van der Waals surface area contributed by atoms with E-state index in [4.69, 9.17) is 10.5 Å². The van der Waals surface area contributed by atoms with Crippen LogP contribution >= 0.6 is 0 Å². The van der Waals surface area contributed by atoms with E-state index in [9.17, 15) is 14.7 Å². The molecule has 154 valence electrons. The van der Waals surface area contributed by atoms with Crippen LogP contribution in [0.3, 0.4) is 0 Å². The third-order valence-corrected chi connectivity index (χ3v) is 4.77. The van der Waals surface area contributed by atoms with E-state index in [1.54, 1.807) is 36.4 Å². The highest BCUT2D eigenvalue weighted by atomic mass is 16.5. The molecule has 3 N–H and O–H groups in total. The Balaban J connectivity index is 1.52. The Morgan fingerprint density at radius 3 is 2.23 bits per heavy atom. The quantitative estimate of drug-likeness (QED) is 0.305. The van der Waals surface area contributed by atoms with Crippen molar-refractivity contribution < 1.29 is 19.4 Å². The van der Waals surface area contributed by atoms with Crippen molar-refractivity contribution in [3.63, 3.8) is 0 Å². The number of aliphatic hydroxyl groups excluding tert-OH is 1. The molecule has 0 saturated carbocycles. The van der Waals surface area contributed by atoms with E-state index in [1.165, 1.54) is 17.7 Å². The van der Waals surface area contributed by atoms with Crippen LogP contribution in [0, 0.1) is 0 Å². The van der Waals surface area contributed by atoms with Crippen LogP contribution in [0.5, 0.6) is 5.75 Å². The van der Waals surface area contributed by atoms with Crippen LogP contribution in [-0.4, -0.2) is 29.5 Å². The van der Waals surface area contributed by atoms with Gasteiger partial charge in [0.2, 0.25) is 5.78 Å². The zero-order chi connectivity index (χ0) is 21.3. The Hall–Kier alpha value is -3.28. The molecule has 5 heteroatoms. The van der Waals surface area contributed by atoms with Gasteiger partial charge in [-0.1, -0.05) is 48.5 Å². The van der Waals surface area contributed by atoms with Crippen molar-refractivity contribution in [3.8, 4) is 5.75 Å². The number of carbonyl (C=O) groups excluding carboxylic acids is 2. The molecule has 3 rings (SSSR count). The number of carbonyl (C=O) groups is 2. The first-order valence-electron chi connectivity index (χ1n) is 9.94. The zero-order valence-corrected chi connectivity index (χ0v) is 16.7. The summed E-state index contributed by atoms with van der Waals surface area (Å²) < 4.78 is 5.76. The molecule has 0 bridgehead atoms. The van der Waals surface area contributed by atoms with Crippen molar-refractivity contribution >= 4 is 11.6 Å². The van der Waals surface area contributed by atoms with Gasteiger partial charge in [0.25, 0.3) is 0 Å². The zero-order valence-electron chi connectivity index (χ0n) is 16.7. The molecule has 1 unspecified atom stereocenters. The number of ether oxygens (including phenoxy) is 1. The van der Waals surface area contributed by atoms with E-state index in [-0.39, 0.29) is 11.3 Å². The van der Waals surface area contributed by atoms with Gasteiger partial charge in [-0.15, -0.1) is 0 Å². The van der Waals surface area contributed by atoms with Crippen LogP contribution in [0.15, 0.2) is 78.9 Å². The number of aliphatic hydroxyl groups is 1. The van der Waals surface area contributed by atoms with Crippen LogP contribution in [0.25, 0.3) is 0 Å². The third kappa shape index (κ3) is 5.86. The molecule has 3 aromatic rings. The minimum atomic E-state index is -1.60. The second kappa shape index (κ2) is 10.5. The summed E-state index contributed by atoms with van der Waals surface area (Å²) in [7, 11) is 0. The summed E-state index contributed by atoms with van der Waals surface area (Å²) in [6, 6.07) is 23.5. The molecule has 0 radical (unpaired) electrons. The van der Waals surface area contributed by atoms with Crippen molar-refractivity contribution in [2.24, 2.45) is 5.73 Å². The fourth-order valence-corrected chi connectivity index (χ4v) is 3.12. The number of unbranched alkanes of at least 4 members (excludes halogenated alkanes) is 1. The second-order valence-corrected chi connectivity index (χ2v) is 7.03. The number of nitrogens with two attached hydrogens (primary N) is 1. The molecule has 1 atom stereocenters. The lowest BCUT2D eigenvalue weighted by Crippen LogP contribution is -2.29. The van der Waals surface area contributed by atoms with Crippen LogP contribution in [0.1, 0.15) is 44.7 Å². The molecule has 0 aliphatic carbocycles. The van der Waals surface area contributed by atoms with Gasteiger partial charge in [-0.2, -0.15) is 0 Å². The summed E-state index contributed by atoms with van der Waals surface area (Å²) in [6.07, 6.45) is 1.43. The lowest BCUT2D eigenvalue weighted by atomic mass is 9.99. The number of hydrogen-bond acceptors (Lipinski definition) is 5. The molecule has 0 aliphatic rings. The van der Waals surface area contributed by atoms with E-state index in [0.29, 0.717) is 23.5 Å². The maximum atomic E-state index is 12.7. The molecule has 3 aromatic carbocycles. The van der Waals surface area contributed by atoms with Gasteiger partial charge in [0.1, 0.15) is 5.75 Å². The lowest BCUT2D eigenvalue weighted by molar-refractivity contribution is 0.0759. The van der Waals surface area contributed by atoms with Crippen molar-refractivity contribution in [1.29, 1.82) is 0 Å². The van der Waals surface area contributed by atoms with Gasteiger partial charge in [-0.05, 0) is 55.2 Å². The predicted octanol–water partition coefficient (Wildman–Crippen LogP) is 3.78. The fourth-order valence-electron chi connectivity index (χ4n) is 3.12. The SMILES string of the molecule is NC(O)C(=O)c1cccc(C(=O)c2ccc(OCCCCc3ccccc3)cc2)c1. The Bertz CT molecular complexity index is 982. The molecule has 0 aromatic heterocycles. The van der Waals surface area contributed by atoms with Crippen LogP contribution in [0.4, 0.5) is 0 Å². The molecule has 0 saturated heterocycles. The monoisotopic (exact) mass is 403 g/mol. The Labute approximate surface area is 176 Å². The maximum absolute atomic E-state index is 12.7. The van der Waals surface area contributed by atoms with Gasteiger partial charge in [-0.3, -0.25) is 15.3 Å². The molecular weight excluding hydrogens is 378 g/mol. The summed E-state index contributed by atoms with van der Waals surface area (Å²) in [4.78, 5) is 24.5. The van der Waals surface area contributed by atoms with Gasteiger partial charge >= 0.3 is 0 Å². The Morgan fingerprint density at radius 2 is 1.53 bits per heavy atom.